The third-order valence-electron chi connectivity index (χ3n) is 5.60. The standard InChI is InChI=1S/C25H27ClN4OS/c1-14(2)18-7-6-8-19(15(3)4)24(18)27-23(31)13-32-25-29-28-22-11-16(5)20-12-17(26)9-10-21(20)30(22)25/h6-12,14-15H,13H2,1-5H3,(H,27,31). The van der Waals surface area contributed by atoms with Crippen LogP contribution in [0.3, 0.4) is 0 Å². The van der Waals surface area contributed by atoms with Crippen LogP contribution in [0.15, 0.2) is 47.6 Å². The fourth-order valence-electron chi connectivity index (χ4n) is 3.99. The van der Waals surface area contributed by atoms with E-state index < -0.39 is 0 Å². The van der Waals surface area contributed by atoms with Gasteiger partial charge in [0.25, 0.3) is 0 Å². The smallest absolute Gasteiger partial charge is 0.234 e. The van der Waals surface area contributed by atoms with Gasteiger partial charge in [0.2, 0.25) is 5.91 Å². The van der Waals surface area contributed by atoms with Crippen molar-refractivity contribution in [1.82, 2.24) is 14.6 Å². The van der Waals surface area contributed by atoms with E-state index in [0.29, 0.717) is 22.0 Å². The number of carbonyl (C=O) groups excluding carboxylic acids is 1. The zero-order valence-corrected chi connectivity index (χ0v) is 20.5. The maximum absolute atomic E-state index is 12.9. The van der Waals surface area contributed by atoms with Gasteiger partial charge in [-0.15, -0.1) is 10.2 Å². The molecule has 0 aliphatic rings. The molecule has 4 aromatic rings. The predicted octanol–water partition coefficient (Wildman–Crippen LogP) is 6.82. The summed E-state index contributed by atoms with van der Waals surface area (Å²) in [5, 5.41) is 14.2. The van der Waals surface area contributed by atoms with Crippen molar-refractivity contribution in [3.63, 3.8) is 0 Å². The molecule has 0 spiro atoms. The van der Waals surface area contributed by atoms with Crippen LogP contribution in [0.5, 0.6) is 0 Å². The molecule has 1 N–H and O–H groups in total. The van der Waals surface area contributed by atoms with E-state index in [1.807, 2.05) is 35.6 Å². The number of amides is 1. The molecule has 7 heteroatoms. The van der Waals surface area contributed by atoms with Crippen LogP contribution < -0.4 is 5.32 Å². The Morgan fingerprint density at radius 2 is 1.75 bits per heavy atom. The number of fused-ring (bicyclic) bond motifs is 3. The lowest BCUT2D eigenvalue weighted by atomic mass is 9.92. The van der Waals surface area contributed by atoms with E-state index in [1.165, 1.54) is 11.8 Å². The van der Waals surface area contributed by atoms with Crippen LogP contribution in [0.2, 0.25) is 5.02 Å². The molecule has 1 amide bonds. The number of aryl methyl sites for hydroxylation is 1. The van der Waals surface area contributed by atoms with Crippen molar-refractivity contribution in [1.29, 1.82) is 0 Å². The van der Waals surface area contributed by atoms with Crippen LogP contribution in [0, 0.1) is 6.92 Å². The first-order valence-corrected chi connectivity index (χ1v) is 12.1. The van der Waals surface area contributed by atoms with E-state index in [2.05, 4.69) is 61.4 Å². The lowest BCUT2D eigenvalue weighted by molar-refractivity contribution is -0.113. The van der Waals surface area contributed by atoms with Crippen LogP contribution in [0.1, 0.15) is 56.2 Å². The summed E-state index contributed by atoms with van der Waals surface area (Å²) < 4.78 is 1.98. The fourth-order valence-corrected chi connectivity index (χ4v) is 4.91. The van der Waals surface area contributed by atoms with E-state index in [-0.39, 0.29) is 11.7 Å². The molecule has 2 aromatic carbocycles. The highest BCUT2D eigenvalue weighted by molar-refractivity contribution is 7.99. The Hall–Kier alpha value is -2.57. The number of hydrogen-bond donors (Lipinski definition) is 1. The van der Waals surface area contributed by atoms with Gasteiger partial charge in [-0.1, -0.05) is 69.3 Å². The molecule has 0 unspecified atom stereocenters. The quantitative estimate of drug-likeness (QED) is 0.316. The summed E-state index contributed by atoms with van der Waals surface area (Å²) in [4.78, 5) is 12.9. The minimum absolute atomic E-state index is 0.0544. The highest BCUT2D eigenvalue weighted by Crippen LogP contribution is 2.33. The van der Waals surface area contributed by atoms with E-state index in [9.17, 15) is 4.79 Å². The Kier molecular flexibility index (Phi) is 6.45. The first-order chi connectivity index (χ1) is 15.3. The average Bonchev–Trinajstić information content (AvgIpc) is 3.15. The van der Waals surface area contributed by atoms with Gasteiger partial charge in [0.05, 0.1) is 11.3 Å². The normalized spacial score (nSPS) is 11.8. The van der Waals surface area contributed by atoms with Crippen molar-refractivity contribution in [3.8, 4) is 0 Å². The molecule has 32 heavy (non-hydrogen) atoms. The number of carbonyl (C=O) groups is 1. The van der Waals surface area contributed by atoms with Crippen molar-refractivity contribution in [2.75, 3.05) is 11.1 Å². The summed E-state index contributed by atoms with van der Waals surface area (Å²) in [7, 11) is 0. The van der Waals surface area contributed by atoms with Gasteiger partial charge >= 0.3 is 0 Å². The molecule has 0 fully saturated rings. The molecule has 0 saturated carbocycles. The summed E-state index contributed by atoms with van der Waals surface area (Å²) in [6.07, 6.45) is 0. The molecule has 4 rings (SSSR count). The summed E-state index contributed by atoms with van der Waals surface area (Å²) in [6.45, 7) is 10.6. The van der Waals surface area contributed by atoms with Crippen LogP contribution in [-0.4, -0.2) is 26.3 Å². The second kappa shape index (κ2) is 9.12. The summed E-state index contributed by atoms with van der Waals surface area (Å²) in [5.41, 5.74) is 6.06. The van der Waals surface area contributed by atoms with Gasteiger partial charge in [0.1, 0.15) is 0 Å². The Morgan fingerprint density at radius 3 is 2.41 bits per heavy atom. The molecule has 0 bridgehead atoms. The maximum atomic E-state index is 12.9. The topological polar surface area (TPSA) is 59.3 Å². The molecule has 2 aromatic heterocycles. The van der Waals surface area contributed by atoms with Crippen molar-refractivity contribution < 1.29 is 4.79 Å². The minimum Gasteiger partial charge on any atom is -0.325 e. The summed E-state index contributed by atoms with van der Waals surface area (Å²) in [5.74, 6) is 0.825. The van der Waals surface area contributed by atoms with Crippen molar-refractivity contribution in [2.45, 2.75) is 51.6 Å². The number of para-hydroxylation sites is 1. The SMILES string of the molecule is Cc1cc2nnc(SCC(=O)Nc3c(C(C)C)cccc3C(C)C)n2c2ccc(Cl)cc12. The Bertz CT molecular complexity index is 1290. The van der Waals surface area contributed by atoms with E-state index in [0.717, 1.165) is 38.9 Å². The number of halogens is 1. The lowest BCUT2D eigenvalue weighted by Crippen LogP contribution is -2.18. The highest BCUT2D eigenvalue weighted by Gasteiger charge is 2.18. The largest absolute Gasteiger partial charge is 0.325 e. The maximum Gasteiger partial charge on any atom is 0.234 e. The molecule has 0 atom stereocenters. The van der Waals surface area contributed by atoms with E-state index >= 15 is 0 Å². The Balaban J connectivity index is 1.61. The van der Waals surface area contributed by atoms with Gasteiger partial charge in [-0.05, 0) is 59.7 Å². The second-order valence-corrected chi connectivity index (χ2v) is 10.0. The number of nitrogens with one attached hydrogen (secondary N) is 1. The number of rotatable bonds is 6. The first kappa shape index (κ1) is 22.6. The van der Waals surface area contributed by atoms with Crippen molar-refractivity contribution >= 4 is 51.5 Å². The number of benzene rings is 2. The van der Waals surface area contributed by atoms with Crippen molar-refractivity contribution in [2.24, 2.45) is 0 Å². The number of hydrogen-bond acceptors (Lipinski definition) is 4. The van der Waals surface area contributed by atoms with Gasteiger partial charge in [-0.3, -0.25) is 9.20 Å². The monoisotopic (exact) mass is 466 g/mol. The first-order valence-electron chi connectivity index (χ1n) is 10.8. The Morgan fingerprint density at radius 1 is 1.06 bits per heavy atom. The molecule has 0 aliphatic heterocycles. The number of thioether (sulfide) groups is 1. The summed E-state index contributed by atoms with van der Waals surface area (Å²) in [6, 6.07) is 14.0. The Labute approximate surface area is 197 Å². The van der Waals surface area contributed by atoms with Gasteiger partial charge in [0.15, 0.2) is 10.8 Å². The third-order valence-corrected chi connectivity index (χ3v) is 6.76. The van der Waals surface area contributed by atoms with Gasteiger partial charge in [0, 0.05) is 16.1 Å². The van der Waals surface area contributed by atoms with E-state index in [4.69, 9.17) is 11.6 Å². The molecular weight excluding hydrogens is 440 g/mol. The fraction of sp³-hybridized carbons (Fsp3) is 0.320. The zero-order valence-electron chi connectivity index (χ0n) is 18.9. The summed E-state index contributed by atoms with van der Waals surface area (Å²) >= 11 is 7.59. The minimum atomic E-state index is -0.0544. The third kappa shape index (κ3) is 4.34. The molecule has 2 heterocycles. The zero-order chi connectivity index (χ0) is 23.0. The van der Waals surface area contributed by atoms with Crippen LogP contribution in [-0.2, 0) is 4.79 Å². The van der Waals surface area contributed by atoms with Gasteiger partial charge in [-0.25, -0.2) is 0 Å². The molecule has 0 aliphatic carbocycles. The predicted molar refractivity (Wildman–Crippen MR) is 134 cm³/mol. The molecule has 0 saturated heterocycles. The van der Waals surface area contributed by atoms with Crippen LogP contribution in [0.25, 0.3) is 16.6 Å². The number of pyridine rings is 1. The molecular formula is C25H27ClN4OS. The lowest BCUT2D eigenvalue weighted by Gasteiger charge is -2.20. The second-order valence-electron chi connectivity index (χ2n) is 8.62. The molecule has 0 radical (unpaired) electrons. The number of anilines is 1. The van der Waals surface area contributed by atoms with Crippen LogP contribution >= 0.6 is 23.4 Å². The van der Waals surface area contributed by atoms with Crippen LogP contribution in [0.4, 0.5) is 5.69 Å². The highest BCUT2D eigenvalue weighted by atomic mass is 35.5. The average molecular weight is 467 g/mol. The molecule has 166 valence electrons. The van der Waals surface area contributed by atoms with Gasteiger partial charge in [-0.2, -0.15) is 0 Å². The van der Waals surface area contributed by atoms with Crippen molar-refractivity contribution in [3.05, 3.63) is 64.2 Å². The van der Waals surface area contributed by atoms with E-state index in [1.54, 1.807) is 0 Å². The van der Waals surface area contributed by atoms with Gasteiger partial charge < -0.3 is 5.32 Å². The number of aromatic nitrogens is 3. The molecule has 5 nitrogen and oxygen atoms in total. The number of nitrogens with zero attached hydrogens (tertiary/aromatic N) is 3.